The smallest absolute Gasteiger partial charge is 0.373 e. The third-order valence-electron chi connectivity index (χ3n) is 4.09. The molecule has 2 heterocycles. The lowest BCUT2D eigenvalue weighted by Crippen LogP contribution is -2.30. The van der Waals surface area contributed by atoms with E-state index < -0.39 is 17.9 Å². The molecule has 10 heteroatoms. The molecule has 1 saturated heterocycles. The quantitative estimate of drug-likeness (QED) is 0.435. The standard InChI is InChI=1S/C19H17ClN2O7/c1-26-15-8-10(6-12(20)16(15)27-2)7-13-17(23)22(19(25)21-13)9-11-4-5-14(29-11)18(24)28-3/h4-8H,9H2,1-3H3,(H,21,25)/b13-7-. The van der Waals surface area contributed by atoms with E-state index in [0.29, 0.717) is 22.1 Å². The fourth-order valence-corrected chi connectivity index (χ4v) is 3.03. The van der Waals surface area contributed by atoms with Crippen molar-refractivity contribution in [2.45, 2.75) is 6.54 Å². The van der Waals surface area contributed by atoms with Gasteiger partial charge < -0.3 is 23.9 Å². The lowest BCUT2D eigenvalue weighted by molar-refractivity contribution is -0.123. The molecular weight excluding hydrogens is 404 g/mol. The van der Waals surface area contributed by atoms with Crippen molar-refractivity contribution in [3.8, 4) is 11.5 Å². The molecule has 0 aliphatic carbocycles. The van der Waals surface area contributed by atoms with E-state index in [9.17, 15) is 14.4 Å². The Morgan fingerprint density at radius 1 is 1.21 bits per heavy atom. The molecule has 1 aromatic carbocycles. The van der Waals surface area contributed by atoms with Gasteiger partial charge in [-0.1, -0.05) is 11.6 Å². The summed E-state index contributed by atoms with van der Waals surface area (Å²) in [6, 6.07) is 5.47. The summed E-state index contributed by atoms with van der Waals surface area (Å²) >= 11 is 6.17. The van der Waals surface area contributed by atoms with Gasteiger partial charge in [-0.3, -0.25) is 9.69 Å². The fourth-order valence-electron chi connectivity index (χ4n) is 2.73. The first-order valence-corrected chi connectivity index (χ1v) is 8.68. The monoisotopic (exact) mass is 420 g/mol. The first-order valence-electron chi connectivity index (χ1n) is 8.31. The van der Waals surface area contributed by atoms with Gasteiger partial charge in [-0.15, -0.1) is 0 Å². The fraction of sp³-hybridized carbons (Fsp3) is 0.211. The van der Waals surface area contributed by atoms with Crippen LogP contribution in [0.4, 0.5) is 4.79 Å². The summed E-state index contributed by atoms with van der Waals surface area (Å²) in [6.45, 7) is -0.147. The molecule has 152 valence electrons. The minimum absolute atomic E-state index is 0.0229. The van der Waals surface area contributed by atoms with Gasteiger partial charge in [0, 0.05) is 0 Å². The van der Waals surface area contributed by atoms with Crippen LogP contribution in [0.25, 0.3) is 6.08 Å². The average molecular weight is 421 g/mol. The number of ether oxygens (including phenoxy) is 3. The van der Waals surface area contributed by atoms with E-state index in [-0.39, 0.29) is 23.8 Å². The number of nitrogens with one attached hydrogen (secondary N) is 1. The highest BCUT2D eigenvalue weighted by Crippen LogP contribution is 2.36. The number of nitrogens with zero attached hydrogens (tertiary/aromatic N) is 1. The van der Waals surface area contributed by atoms with Gasteiger partial charge in [0.1, 0.15) is 11.5 Å². The van der Waals surface area contributed by atoms with E-state index >= 15 is 0 Å². The number of benzene rings is 1. The second-order valence-electron chi connectivity index (χ2n) is 5.88. The summed E-state index contributed by atoms with van der Waals surface area (Å²) in [5, 5.41) is 2.79. The largest absolute Gasteiger partial charge is 0.493 e. The van der Waals surface area contributed by atoms with E-state index in [1.807, 2.05) is 0 Å². The number of carbonyl (C=O) groups is 3. The molecule has 0 atom stereocenters. The number of esters is 1. The maximum atomic E-state index is 12.6. The van der Waals surface area contributed by atoms with E-state index in [1.165, 1.54) is 39.5 Å². The molecule has 0 saturated carbocycles. The Labute approximate surface area is 170 Å². The second-order valence-corrected chi connectivity index (χ2v) is 6.28. The zero-order chi connectivity index (χ0) is 21.1. The molecule has 1 aliphatic rings. The Morgan fingerprint density at radius 3 is 2.62 bits per heavy atom. The second kappa shape index (κ2) is 8.27. The number of urea groups is 1. The van der Waals surface area contributed by atoms with Gasteiger partial charge in [0.25, 0.3) is 5.91 Å². The van der Waals surface area contributed by atoms with Gasteiger partial charge in [0.2, 0.25) is 5.76 Å². The number of imide groups is 1. The molecule has 0 radical (unpaired) electrons. The molecule has 3 rings (SSSR count). The number of hydrogen-bond donors (Lipinski definition) is 1. The summed E-state index contributed by atoms with van der Waals surface area (Å²) in [5.41, 5.74) is 0.585. The highest BCUT2D eigenvalue weighted by atomic mass is 35.5. The Morgan fingerprint density at radius 2 is 1.97 bits per heavy atom. The van der Waals surface area contributed by atoms with Gasteiger partial charge in [-0.2, -0.15) is 0 Å². The molecule has 1 aliphatic heterocycles. The molecule has 1 fully saturated rings. The van der Waals surface area contributed by atoms with E-state index in [0.717, 1.165) is 4.90 Å². The van der Waals surface area contributed by atoms with Crippen LogP contribution in [-0.2, 0) is 16.1 Å². The predicted molar refractivity (Wildman–Crippen MR) is 102 cm³/mol. The zero-order valence-corrected chi connectivity index (χ0v) is 16.5. The lowest BCUT2D eigenvalue weighted by Gasteiger charge is -2.10. The number of furan rings is 1. The third kappa shape index (κ3) is 4.04. The Kier molecular flexibility index (Phi) is 5.79. The summed E-state index contributed by atoms with van der Waals surface area (Å²) in [4.78, 5) is 37.3. The summed E-state index contributed by atoms with van der Waals surface area (Å²) in [6.07, 6.45) is 1.47. The summed E-state index contributed by atoms with van der Waals surface area (Å²) in [5.74, 6) is -0.240. The third-order valence-corrected chi connectivity index (χ3v) is 4.37. The van der Waals surface area contributed by atoms with Crippen LogP contribution >= 0.6 is 11.6 Å². The molecule has 29 heavy (non-hydrogen) atoms. The maximum absolute atomic E-state index is 12.6. The minimum Gasteiger partial charge on any atom is -0.493 e. The Bertz CT molecular complexity index is 1010. The van der Waals surface area contributed by atoms with Gasteiger partial charge in [-0.05, 0) is 35.9 Å². The van der Waals surface area contributed by atoms with E-state index in [1.54, 1.807) is 12.1 Å². The van der Waals surface area contributed by atoms with Crippen LogP contribution in [0.1, 0.15) is 21.9 Å². The van der Waals surface area contributed by atoms with Gasteiger partial charge in [0.05, 0.1) is 32.9 Å². The van der Waals surface area contributed by atoms with Crippen molar-refractivity contribution >= 4 is 35.6 Å². The molecule has 2 aromatic rings. The van der Waals surface area contributed by atoms with E-state index in [2.05, 4.69) is 10.1 Å². The molecule has 0 spiro atoms. The van der Waals surface area contributed by atoms with Crippen molar-refractivity contribution in [3.63, 3.8) is 0 Å². The highest BCUT2D eigenvalue weighted by molar-refractivity contribution is 6.32. The number of rotatable bonds is 6. The average Bonchev–Trinajstić information content (AvgIpc) is 3.27. The van der Waals surface area contributed by atoms with Crippen molar-refractivity contribution in [1.82, 2.24) is 10.2 Å². The van der Waals surface area contributed by atoms with E-state index in [4.69, 9.17) is 25.5 Å². The number of halogens is 1. The summed E-state index contributed by atoms with van der Waals surface area (Å²) in [7, 11) is 4.14. The van der Waals surface area contributed by atoms with Crippen LogP contribution in [0.2, 0.25) is 5.02 Å². The number of hydrogen-bond acceptors (Lipinski definition) is 7. The van der Waals surface area contributed by atoms with Crippen LogP contribution in [-0.4, -0.2) is 44.1 Å². The zero-order valence-electron chi connectivity index (χ0n) is 15.8. The Balaban J connectivity index is 1.82. The molecule has 1 aromatic heterocycles. The van der Waals surface area contributed by atoms with Gasteiger partial charge in [-0.25, -0.2) is 9.59 Å². The van der Waals surface area contributed by atoms with Crippen molar-refractivity contribution in [2.75, 3.05) is 21.3 Å². The van der Waals surface area contributed by atoms with Crippen molar-refractivity contribution in [1.29, 1.82) is 0 Å². The number of carbonyl (C=O) groups excluding carboxylic acids is 3. The molecular formula is C19H17ClN2O7. The summed E-state index contributed by atoms with van der Waals surface area (Å²) < 4.78 is 20.3. The molecule has 3 amide bonds. The predicted octanol–water partition coefficient (Wildman–Crippen LogP) is 2.83. The molecule has 0 bridgehead atoms. The van der Waals surface area contributed by atoms with Crippen LogP contribution < -0.4 is 14.8 Å². The van der Waals surface area contributed by atoms with Crippen LogP contribution in [0.3, 0.4) is 0 Å². The van der Waals surface area contributed by atoms with Crippen molar-refractivity contribution in [2.24, 2.45) is 0 Å². The Hall–Kier alpha value is -3.46. The van der Waals surface area contributed by atoms with Crippen LogP contribution in [0.15, 0.2) is 34.4 Å². The number of amides is 3. The van der Waals surface area contributed by atoms with Crippen molar-refractivity contribution in [3.05, 3.63) is 52.1 Å². The van der Waals surface area contributed by atoms with Crippen LogP contribution in [0, 0.1) is 0 Å². The number of methoxy groups -OCH3 is 3. The SMILES string of the molecule is COC(=O)c1ccc(CN2C(=O)N/C(=C\c3cc(Cl)c(OC)c(OC)c3)C2=O)o1. The van der Waals surface area contributed by atoms with Gasteiger partial charge in [0.15, 0.2) is 11.5 Å². The van der Waals surface area contributed by atoms with Gasteiger partial charge >= 0.3 is 12.0 Å². The van der Waals surface area contributed by atoms with Crippen LogP contribution in [0.5, 0.6) is 11.5 Å². The lowest BCUT2D eigenvalue weighted by atomic mass is 10.1. The maximum Gasteiger partial charge on any atom is 0.373 e. The molecule has 9 nitrogen and oxygen atoms in total. The normalized spacial score (nSPS) is 14.9. The molecule has 1 N–H and O–H groups in total. The molecule has 0 unspecified atom stereocenters. The first kappa shape index (κ1) is 20.3. The highest BCUT2D eigenvalue weighted by Gasteiger charge is 2.34. The first-order chi connectivity index (χ1) is 13.9. The van der Waals surface area contributed by atoms with Crippen molar-refractivity contribution < 1.29 is 33.0 Å². The minimum atomic E-state index is -0.653. The topological polar surface area (TPSA) is 107 Å².